The fourth-order valence-electron chi connectivity index (χ4n) is 7.04. The van der Waals surface area contributed by atoms with Crippen LogP contribution in [0.15, 0.2) is 24.3 Å². The lowest BCUT2D eigenvalue weighted by atomic mass is 9.97. The number of nitrogens with one attached hydrogen (secondary N) is 2. The van der Waals surface area contributed by atoms with Gasteiger partial charge in [-0.3, -0.25) is 24.7 Å². The number of nitrogen functional groups attached to an aromatic ring is 1. The van der Waals surface area contributed by atoms with Gasteiger partial charge in [0.25, 0.3) is 11.8 Å². The summed E-state index contributed by atoms with van der Waals surface area (Å²) in [5, 5.41) is 7.26. The molecule has 4 amide bonds. The molecule has 4 aliphatic rings. The second kappa shape index (κ2) is 12.1. The molecule has 2 saturated heterocycles. The van der Waals surface area contributed by atoms with Gasteiger partial charge in [0.2, 0.25) is 0 Å². The fourth-order valence-corrected chi connectivity index (χ4v) is 9.69. The van der Waals surface area contributed by atoms with Crippen LogP contribution >= 0.6 is 34.3 Å². The lowest BCUT2D eigenvalue weighted by Crippen LogP contribution is -2.34. The average molecular weight is 639 g/mol. The van der Waals surface area contributed by atoms with Gasteiger partial charge in [0.1, 0.15) is 5.00 Å². The molecule has 1 aromatic carbocycles. The largest absolute Gasteiger partial charge is 0.390 e. The Morgan fingerprint density at radius 3 is 1.86 bits per heavy atom. The number of hydrogen-bond donors (Lipinski definition) is 5. The number of carbonyl (C=O) groups excluding carboxylic acids is 3. The first-order valence-corrected chi connectivity index (χ1v) is 16.0. The van der Waals surface area contributed by atoms with E-state index in [-0.39, 0.29) is 20.4 Å². The fraction of sp³-hybridized carbons (Fsp3) is 0.414. The lowest BCUT2D eigenvalue weighted by molar-refractivity contribution is 0.0989. The first-order chi connectivity index (χ1) is 20.0. The van der Waals surface area contributed by atoms with E-state index < -0.39 is 11.9 Å². The molecule has 43 heavy (non-hydrogen) atoms. The molecule has 10 nitrogen and oxygen atoms in total. The van der Waals surface area contributed by atoms with Gasteiger partial charge in [0, 0.05) is 53.0 Å². The Labute approximate surface area is 265 Å². The molecule has 2 fully saturated rings. The molecule has 0 aliphatic carbocycles. The van der Waals surface area contributed by atoms with Crippen LogP contribution in [0.1, 0.15) is 79.4 Å². The van der Waals surface area contributed by atoms with Crippen molar-refractivity contribution in [2.75, 3.05) is 30.5 Å². The van der Waals surface area contributed by atoms with Crippen molar-refractivity contribution in [1.29, 1.82) is 0 Å². The summed E-state index contributed by atoms with van der Waals surface area (Å²) in [7, 11) is 4.22. The molecule has 4 atom stereocenters. The summed E-state index contributed by atoms with van der Waals surface area (Å²) >= 11 is 8.86. The quantitative estimate of drug-likeness (QED) is 0.263. The van der Waals surface area contributed by atoms with Crippen molar-refractivity contribution in [3.63, 3.8) is 0 Å². The van der Waals surface area contributed by atoms with Gasteiger partial charge in [-0.05, 0) is 88.0 Å². The van der Waals surface area contributed by atoms with Gasteiger partial charge >= 0.3 is 6.03 Å². The Morgan fingerprint density at radius 2 is 1.33 bits per heavy atom. The minimum Gasteiger partial charge on any atom is -0.390 e. The number of benzene rings is 1. The number of likely N-dealkylation sites (N-methyl/N-ethyl adjacent to an activating group) is 2. The highest BCUT2D eigenvalue weighted by atomic mass is 35.5. The third-order valence-electron chi connectivity index (χ3n) is 9.08. The number of rotatable bonds is 4. The number of nitrogens with two attached hydrogens (primary N) is 3. The highest BCUT2D eigenvalue weighted by Gasteiger charge is 2.43. The zero-order valence-corrected chi connectivity index (χ0v) is 26.4. The van der Waals surface area contributed by atoms with Crippen LogP contribution in [0, 0.1) is 0 Å². The molecular formula is C29H34BClN7O3S2. The Balaban J connectivity index is 0.000000186. The summed E-state index contributed by atoms with van der Waals surface area (Å²) in [5.74, 6) is -0.878. The van der Waals surface area contributed by atoms with E-state index >= 15 is 0 Å². The van der Waals surface area contributed by atoms with Crippen LogP contribution in [-0.4, -0.2) is 62.2 Å². The highest BCUT2D eigenvalue weighted by molar-refractivity contribution is 7.17. The molecule has 3 radical (unpaired) electrons. The lowest BCUT2D eigenvalue weighted by Gasteiger charge is -2.31. The van der Waals surface area contributed by atoms with Gasteiger partial charge in [0.15, 0.2) is 0 Å². The molecule has 7 rings (SSSR count). The predicted octanol–water partition coefficient (Wildman–Crippen LogP) is 4.58. The van der Waals surface area contributed by atoms with E-state index in [1.54, 1.807) is 35.6 Å². The summed E-state index contributed by atoms with van der Waals surface area (Å²) in [5.41, 5.74) is 20.8. The maximum atomic E-state index is 12.4. The summed E-state index contributed by atoms with van der Waals surface area (Å²) in [6, 6.07) is 8.09. The number of primary amides is 2. The van der Waals surface area contributed by atoms with Gasteiger partial charge in [-0.15, -0.1) is 22.7 Å². The standard InChI is InChI=1S/C18H19ClN4O2S.C11H15N3OS.B/c1-23-11-6-7-12(23)14-13(8-11)26-17(15(14)16(20)24)22-18(25)21-10-4-2-9(19)3-5-10;1-14-5-2-3-6(14)8-7(4-5)16-11(13)9(8)10(12)15;/h2-5,11-12H,6-8H2,1H3,(H2,20,24)(H2,21,22,25);5-6H,2-4,13H2,1H3,(H2,12,15);/t11-,12+;5-,6+;/m00./s1. The zero-order chi connectivity index (χ0) is 29.9. The van der Waals surface area contributed by atoms with E-state index in [0.717, 1.165) is 48.1 Å². The van der Waals surface area contributed by atoms with E-state index in [9.17, 15) is 14.4 Å². The molecule has 225 valence electrons. The summed E-state index contributed by atoms with van der Waals surface area (Å²) in [6.07, 6.45) is 6.38. The van der Waals surface area contributed by atoms with Crippen molar-refractivity contribution in [2.45, 2.75) is 62.7 Å². The van der Waals surface area contributed by atoms with E-state index in [1.807, 2.05) is 0 Å². The summed E-state index contributed by atoms with van der Waals surface area (Å²) in [6.45, 7) is 0. The van der Waals surface area contributed by atoms with Crippen LogP contribution in [0.2, 0.25) is 5.02 Å². The third-order valence-corrected chi connectivity index (χ3v) is 11.5. The normalized spacial score (nSPS) is 23.3. The molecule has 4 bridgehead atoms. The number of carbonyl (C=O) groups is 3. The Hall–Kier alpha value is -3.10. The Kier molecular flexibility index (Phi) is 8.83. The smallest absolute Gasteiger partial charge is 0.324 e. The van der Waals surface area contributed by atoms with Crippen LogP contribution in [0.25, 0.3) is 0 Å². The Bertz CT molecular complexity index is 1580. The van der Waals surface area contributed by atoms with Crippen molar-refractivity contribution in [3.8, 4) is 0 Å². The van der Waals surface area contributed by atoms with E-state index in [0.29, 0.717) is 50.0 Å². The molecular weight excluding hydrogens is 605 g/mol. The van der Waals surface area contributed by atoms with Crippen LogP contribution in [0.3, 0.4) is 0 Å². The molecule has 14 heteroatoms. The predicted molar refractivity (Wildman–Crippen MR) is 174 cm³/mol. The number of urea groups is 1. The highest BCUT2D eigenvalue weighted by Crippen LogP contribution is 2.50. The molecule has 2 aromatic heterocycles. The molecule has 0 saturated carbocycles. The van der Waals surface area contributed by atoms with Gasteiger partial charge in [0.05, 0.1) is 16.1 Å². The number of thiophene rings is 2. The second-order valence-corrected chi connectivity index (χ2v) is 14.0. The number of hydrogen-bond acceptors (Lipinski definition) is 8. The van der Waals surface area contributed by atoms with Crippen LogP contribution < -0.4 is 27.8 Å². The van der Waals surface area contributed by atoms with Gasteiger partial charge in [-0.1, -0.05) is 11.6 Å². The van der Waals surface area contributed by atoms with Gasteiger partial charge in [-0.2, -0.15) is 0 Å². The van der Waals surface area contributed by atoms with Gasteiger partial charge < -0.3 is 22.5 Å². The average Bonchev–Trinajstić information content (AvgIpc) is 3.60. The van der Waals surface area contributed by atoms with Crippen molar-refractivity contribution in [3.05, 3.63) is 61.3 Å². The molecule has 6 heterocycles. The van der Waals surface area contributed by atoms with Crippen molar-refractivity contribution in [2.24, 2.45) is 11.5 Å². The minimum atomic E-state index is -0.497. The second-order valence-electron chi connectivity index (χ2n) is 11.4. The topological polar surface area (TPSA) is 160 Å². The number of anilines is 3. The van der Waals surface area contributed by atoms with Crippen LogP contribution in [-0.2, 0) is 12.8 Å². The number of halogens is 1. The first-order valence-electron chi connectivity index (χ1n) is 14.0. The van der Waals surface area contributed by atoms with E-state index in [4.69, 9.17) is 28.8 Å². The van der Waals surface area contributed by atoms with Crippen LogP contribution in [0.5, 0.6) is 0 Å². The molecule has 0 unspecified atom stereocenters. The minimum absolute atomic E-state index is 0. The zero-order valence-electron chi connectivity index (χ0n) is 24.0. The maximum absolute atomic E-state index is 12.4. The van der Waals surface area contributed by atoms with E-state index in [1.165, 1.54) is 22.6 Å². The molecule has 8 N–H and O–H groups in total. The number of amides is 4. The summed E-state index contributed by atoms with van der Waals surface area (Å²) < 4.78 is 0. The number of nitrogens with zero attached hydrogens (tertiary/aromatic N) is 2. The first kappa shape index (κ1) is 31.3. The maximum Gasteiger partial charge on any atom is 0.324 e. The van der Waals surface area contributed by atoms with E-state index in [2.05, 4.69) is 34.5 Å². The summed E-state index contributed by atoms with van der Waals surface area (Å²) in [4.78, 5) is 43.1. The molecule has 4 aliphatic heterocycles. The van der Waals surface area contributed by atoms with Gasteiger partial charge in [-0.25, -0.2) is 4.79 Å². The third kappa shape index (κ3) is 5.64. The van der Waals surface area contributed by atoms with Crippen molar-refractivity contribution in [1.82, 2.24) is 9.80 Å². The monoisotopic (exact) mass is 638 g/mol. The Morgan fingerprint density at radius 1 is 0.814 bits per heavy atom. The molecule has 0 spiro atoms. The van der Waals surface area contributed by atoms with Crippen molar-refractivity contribution >= 4 is 76.2 Å². The SMILES string of the molecule is CN1[C@H]2CC[C@@H]1c1c(sc(N)c1C(N)=O)C2.CN1[C@H]2CC[C@@H]1c1c(sc(NC(=O)Nc3ccc(Cl)cc3)c1C(N)=O)C2.[B]. The van der Waals surface area contributed by atoms with Crippen molar-refractivity contribution < 1.29 is 14.4 Å². The van der Waals surface area contributed by atoms with Crippen LogP contribution in [0.4, 0.5) is 20.5 Å². The number of fused-ring (bicyclic) bond motifs is 8. The molecule has 3 aromatic rings.